The Morgan fingerprint density at radius 3 is 2.35 bits per heavy atom. The van der Waals surface area contributed by atoms with E-state index in [1.54, 1.807) is 0 Å². The summed E-state index contributed by atoms with van der Waals surface area (Å²) in [6.07, 6.45) is 2.07. The molecule has 1 aromatic carbocycles. The second kappa shape index (κ2) is 10.2. The Hall–Kier alpha value is 0.471. The van der Waals surface area contributed by atoms with E-state index in [9.17, 15) is 12.9 Å². The molecule has 0 aliphatic rings. The molecule has 1 aromatic rings. The van der Waals surface area contributed by atoms with Crippen LogP contribution in [0.2, 0.25) is 0 Å². The molecule has 0 fully saturated rings. The maximum Gasteiger partial charge on any atom is 1.00 e. The first kappa shape index (κ1) is 20.5. The molecule has 7 heteroatoms. The fraction of sp³-hybridized carbons (Fsp3) is 0.538. The molecule has 2 nitrogen and oxygen atoms in total. The Bertz CT molecular complexity index is 400. The summed E-state index contributed by atoms with van der Waals surface area (Å²) in [5.41, 5.74) is -0.372. The first-order valence-corrected chi connectivity index (χ1v) is 6.46. The molecule has 0 saturated carbocycles. The summed E-state index contributed by atoms with van der Waals surface area (Å²) in [4.78, 5) is 0. The average Bonchev–Trinajstić information content (AvgIpc) is 2.32. The molecule has 108 valence electrons. The van der Waals surface area contributed by atoms with Crippen molar-refractivity contribution in [1.82, 2.24) is 0 Å². The van der Waals surface area contributed by atoms with Gasteiger partial charge >= 0.3 is 58.4 Å². The van der Waals surface area contributed by atoms with Gasteiger partial charge in [0.15, 0.2) is 0 Å². The van der Waals surface area contributed by atoms with Crippen LogP contribution in [0.1, 0.15) is 25.3 Å². The third kappa shape index (κ3) is 7.47. The minimum absolute atomic E-state index is 0. The van der Waals surface area contributed by atoms with Gasteiger partial charge in [-0.3, -0.25) is 0 Å². The first-order valence-electron chi connectivity index (χ1n) is 6.46. The van der Waals surface area contributed by atoms with Crippen LogP contribution >= 0.6 is 0 Å². The van der Waals surface area contributed by atoms with Gasteiger partial charge in [-0.1, -0.05) is 25.0 Å². The van der Waals surface area contributed by atoms with Crippen LogP contribution in [-0.4, -0.2) is 26.8 Å². The number of halogens is 3. The molecule has 0 saturated heterocycles. The fourth-order valence-corrected chi connectivity index (χ4v) is 1.67. The zero-order valence-electron chi connectivity index (χ0n) is 12.3. The monoisotopic (exact) mass is 314 g/mol. The minimum Gasteiger partial charge on any atom is -0.491 e. The fourth-order valence-electron chi connectivity index (χ4n) is 1.67. The standard InChI is InChI=1S/C13H19BF3O2.K/c1-3-4-7-18-8-9-19-12-5-6-13(11(2)10-12)14(15,16)17;/h5-6,10H,3-4,7-9H2,1-2H3;/q-1;+1. The third-order valence-electron chi connectivity index (χ3n) is 2.73. The van der Waals surface area contributed by atoms with Crippen molar-refractivity contribution in [2.24, 2.45) is 0 Å². The molecule has 1 rings (SSSR count). The first-order chi connectivity index (χ1) is 8.95. The molecular formula is C13H19BF3KO2. The van der Waals surface area contributed by atoms with Crippen LogP contribution in [0.3, 0.4) is 0 Å². The quantitative estimate of drug-likeness (QED) is 0.506. The second-order valence-electron chi connectivity index (χ2n) is 4.41. The molecule has 20 heavy (non-hydrogen) atoms. The van der Waals surface area contributed by atoms with Crippen molar-refractivity contribution in [3.05, 3.63) is 23.8 Å². The van der Waals surface area contributed by atoms with E-state index in [0.717, 1.165) is 18.9 Å². The second-order valence-corrected chi connectivity index (χ2v) is 4.41. The van der Waals surface area contributed by atoms with Crippen molar-refractivity contribution in [3.8, 4) is 5.75 Å². The molecule has 0 aromatic heterocycles. The van der Waals surface area contributed by atoms with E-state index in [2.05, 4.69) is 6.92 Å². The maximum atomic E-state index is 12.6. The number of hydrogen-bond acceptors (Lipinski definition) is 2. The normalized spacial score (nSPS) is 11.1. The average molecular weight is 314 g/mol. The molecule has 0 bridgehead atoms. The zero-order chi connectivity index (χ0) is 14.3. The number of benzene rings is 1. The van der Waals surface area contributed by atoms with Gasteiger partial charge in [-0.2, -0.15) is 0 Å². The molecule has 0 spiro atoms. The van der Waals surface area contributed by atoms with Crippen molar-refractivity contribution in [1.29, 1.82) is 0 Å². The summed E-state index contributed by atoms with van der Waals surface area (Å²) in [5.74, 6) is 0.445. The van der Waals surface area contributed by atoms with Gasteiger partial charge in [0.25, 0.3) is 0 Å². The summed E-state index contributed by atoms with van der Waals surface area (Å²) in [6, 6.07) is 3.84. The van der Waals surface area contributed by atoms with Gasteiger partial charge in [0.05, 0.1) is 6.61 Å². The Morgan fingerprint density at radius 1 is 1.10 bits per heavy atom. The Balaban J connectivity index is 0.00000361. The molecule has 0 amide bonds. The van der Waals surface area contributed by atoms with Crippen molar-refractivity contribution in [2.75, 3.05) is 19.8 Å². The number of hydrogen-bond donors (Lipinski definition) is 0. The largest absolute Gasteiger partial charge is 1.00 e. The van der Waals surface area contributed by atoms with Gasteiger partial charge in [-0.05, 0) is 25.5 Å². The van der Waals surface area contributed by atoms with Crippen molar-refractivity contribution in [3.63, 3.8) is 0 Å². The smallest absolute Gasteiger partial charge is 0.491 e. The zero-order valence-corrected chi connectivity index (χ0v) is 15.4. The SMILES string of the molecule is CCCCOCCOc1ccc([B-](F)(F)F)c(C)c1.[K+]. The number of rotatable bonds is 8. The predicted molar refractivity (Wildman–Crippen MR) is 71.1 cm³/mol. The summed E-state index contributed by atoms with van der Waals surface area (Å²) in [6.45, 7) is 0.0467. The van der Waals surface area contributed by atoms with E-state index < -0.39 is 12.4 Å². The van der Waals surface area contributed by atoms with E-state index in [1.807, 2.05) is 0 Å². The van der Waals surface area contributed by atoms with Crippen LogP contribution in [0.4, 0.5) is 12.9 Å². The third-order valence-corrected chi connectivity index (χ3v) is 2.73. The summed E-state index contributed by atoms with van der Waals surface area (Å²) >= 11 is 0. The van der Waals surface area contributed by atoms with Gasteiger partial charge in [0, 0.05) is 6.61 Å². The molecule has 0 heterocycles. The molecule has 0 unspecified atom stereocenters. The summed E-state index contributed by atoms with van der Waals surface area (Å²) in [7, 11) is 0. The molecule has 0 aliphatic heterocycles. The molecule has 0 radical (unpaired) electrons. The number of aryl methyl sites for hydroxylation is 1. The minimum atomic E-state index is -4.95. The van der Waals surface area contributed by atoms with E-state index >= 15 is 0 Å². The van der Waals surface area contributed by atoms with Crippen LogP contribution in [0, 0.1) is 6.92 Å². The van der Waals surface area contributed by atoms with E-state index in [1.165, 1.54) is 19.1 Å². The van der Waals surface area contributed by atoms with Crippen LogP contribution in [0.25, 0.3) is 0 Å². The Morgan fingerprint density at radius 2 is 1.80 bits per heavy atom. The van der Waals surface area contributed by atoms with Crippen molar-refractivity contribution >= 4 is 12.4 Å². The van der Waals surface area contributed by atoms with Crippen molar-refractivity contribution < 1.29 is 73.8 Å². The summed E-state index contributed by atoms with van der Waals surface area (Å²) < 4.78 is 48.5. The predicted octanol–water partition coefficient (Wildman–Crippen LogP) is 0.249. The topological polar surface area (TPSA) is 18.5 Å². The van der Waals surface area contributed by atoms with Crippen molar-refractivity contribution in [2.45, 2.75) is 26.7 Å². The van der Waals surface area contributed by atoms with Gasteiger partial charge < -0.3 is 22.4 Å². The maximum absolute atomic E-state index is 12.6. The van der Waals surface area contributed by atoms with Crippen LogP contribution < -0.4 is 61.6 Å². The van der Waals surface area contributed by atoms with E-state index in [-0.39, 0.29) is 56.9 Å². The molecule has 0 N–H and O–H groups in total. The molecular weight excluding hydrogens is 295 g/mol. The Kier molecular flexibility index (Phi) is 10.5. The molecule has 0 atom stereocenters. The van der Waals surface area contributed by atoms with Gasteiger partial charge in [0.2, 0.25) is 0 Å². The molecule has 0 aliphatic carbocycles. The van der Waals surface area contributed by atoms with Gasteiger partial charge in [-0.25, -0.2) is 0 Å². The van der Waals surface area contributed by atoms with Crippen LogP contribution in [-0.2, 0) is 4.74 Å². The van der Waals surface area contributed by atoms with Gasteiger partial charge in [0.1, 0.15) is 12.4 Å². The van der Waals surface area contributed by atoms with Crippen LogP contribution in [0.15, 0.2) is 18.2 Å². The Labute approximate surface area is 160 Å². The van der Waals surface area contributed by atoms with E-state index in [0.29, 0.717) is 25.6 Å². The number of ether oxygens (including phenoxy) is 2. The van der Waals surface area contributed by atoms with Gasteiger partial charge in [-0.15, -0.1) is 5.46 Å². The number of unbranched alkanes of at least 4 members (excludes halogenated alkanes) is 1. The van der Waals surface area contributed by atoms with Crippen LogP contribution in [0.5, 0.6) is 5.75 Å². The summed E-state index contributed by atoms with van der Waals surface area (Å²) in [5, 5.41) is 0. The van der Waals surface area contributed by atoms with E-state index in [4.69, 9.17) is 9.47 Å².